The number of amides is 1. The summed E-state index contributed by atoms with van der Waals surface area (Å²) in [5.41, 5.74) is 0.434. The van der Waals surface area contributed by atoms with Crippen LogP contribution in [-0.4, -0.2) is 52.7 Å². The molecule has 0 bridgehead atoms. The Morgan fingerprint density at radius 3 is 2.59 bits per heavy atom. The van der Waals surface area contributed by atoms with Crippen LogP contribution in [0.4, 0.5) is 11.6 Å². The molecule has 0 atom stereocenters. The number of nitrogens with one attached hydrogen (secondary N) is 1. The topological polar surface area (TPSA) is 72.3 Å². The molecule has 1 saturated carbocycles. The van der Waals surface area contributed by atoms with E-state index < -0.39 is 0 Å². The Bertz CT molecular complexity index is 816. The molecule has 1 aromatic heterocycles. The summed E-state index contributed by atoms with van der Waals surface area (Å²) in [6.45, 7) is 3.00. The zero-order chi connectivity index (χ0) is 18.8. The van der Waals surface area contributed by atoms with Gasteiger partial charge in [0, 0.05) is 19.1 Å². The van der Waals surface area contributed by atoms with E-state index in [0.29, 0.717) is 35.0 Å². The SMILES string of the molecule is O=C(CSc1nnc(N2CCOCC2)n1C1CC1)Nc1c(Cl)cccc1Cl. The average Bonchev–Trinajstić information content (AvgIpc) is 3.43. The molecule has 27 heavy (non-hydrogen) atoms. The number of anilines is 2. The lowest BCUT2D eigenvalue weighted by atomic mass is 10.3. The smallest absolute Gasteiger partial charge is 0.234 e. The third kappa shape index (κ3) is 4.34. The van der Waals surface area contributed by atoms with E-state index in [4.69, 9.17) is 27.9 Å². The first kappa shape index (κ1) is 18.9. The number of ether oxygens (including phenoxy) is 1. The van der Waals surface area contributed by atoms with E-state index >= 15 is 0 Å². The van der Waals surface area contributed by atoms with Crippen molar-refractivity contribution in [1.82, 2.24) is 14.8 Å². The molecule has 2 aromatic rings. The van der Waals surface area contributed by atoms with Crippen molar-refractivity contribution in [2.45, 2.75) is 24.0 Å². The Labute approximate surface area is 171 Å². The van der Waals surface area contributed by atoms with Gasteiger partial charge >= 0.3 is 0 Å². The van der Waals surface area contributed by atoms with Gasteiger partial charge in [-0.25, -0.2) is 0 Å². The van der Waals surface area contributed by atoms with E-state index in [0.717, 1.165) is 37.0 Å². The molecule has 4 rings (SSSR count). The number of benzene rings is 1. The first-order valence-corrected chi connectivity index (χ1v) is 10.5. The van der Waals surface area contributed by atoms with E-state index in [9.17, 15) is 4.79 Å². The van der Waals surface area contributed by atoms with Gasteiger partial charge in [0.15, 0.2) is 5.16 Å². The van der Waals surface area contributed by atoms with Crippen LogP contribution in [0.1, 0.15) is 18.9 Å². The minimum atomic E-state index is -0.187. The number of carbonyl (C=O) groups excluding carboxylic acids is 1. The third-order valence-electron chi connectivity index (χ3n) is 4.41. The van der Waals surface area contributed by atoms with Crippen LogP contribution in [0.15, 0.2) is 23.4 Å². The van der Waals surface area contributed by atoms with Crippen molar-refractivity contribution in [3.63, 3.8) is 0 Å². The maximum atomic E-state index is 12.4. The molecule has 0 radical (unpaired) electrons. The Kier molecular flexibility index (Phi) is 5.77. The van der Waals surface area contributed by atoms with Gasteiger partial charge in [-0.2, -0.15) is 0 Å². The van der Waals surface area contributed by atoms with Gasteiger partial charge in [0.05, 0.1) is 34.7 Å². The number of para-hydroxylation sites is 1. The quantitative estimate of drug-likeness (QED) is 0.711. The molecule has 2 aliphatic rings. The fraction of sp³-hybridized carbons (Fsp3) is 0.471. The van der Waals surface area contributed by atoms with Gasteiger partial charge in [-0.15, -0.1) is 10.2 Å². The Hall–Kier alpha value is -1.48. The Morgan fingerprint density at radius 2 is 1.93 bits per heavy atom. The van der Waals surface area contributed by atoms with Crippen molar-refractivity contribution < 1.29 is 9.53 Å². The molecular weight excluding hydrogens is 409 g/mol. The lowest BCUT2D eigenvalue weighted by Crippen LogP contribution is -2.38. The molecule has 1 amide bonds. The molecule has 1 aliphatic heterocycles. The molecule has 0 spiro atoms. The summed E-state index contributed by atoms with van der Waals surface area (Å²) >= 11 is 13.6. The minimum Gasteiger partial charge on any atom is -0.378 e. The number of morpholine rings is 1. The Morgan fingerprint density at radius 1 is 1.22 bits per heavy atom. The number of hydrogen-bond donors (Lipinski definition) is 1. The Balaban J connectivity index is 1.43. The van der Waals surface area contributed by atoms with Crippen LogP contribution < -0.4 is 10.2 Å². The molecule has 144 valence electrons. The highest BCUT2D eigenvalue weighted by molar-refractivity contribution is 7.99. The normalized spacial score (nSPS) is 17.2. The summed E-state index contributed by atoms with van der Waals surface area (Å²) in [5.74, 6) is 0.890. The van der Waals surface area contributed by atoms with E-state index in [1.54, 1.807) is 18.2 Å². The lowest BCUT2D eigenvalue weighted by molar-refractivity contribution is -0.113. The summed E-state index contributed by atoms with van der Waals surface area (Å²) < 4.78 is 7.58. The zero-order valence-electron chi connectivity index (χ0n) is 14.5. The van der Waals surface area contributed by atoms with Crippen LogP contribution in [0.25, 0.3) is 0 Å². The third-order valence-corrected chi connectivity index (χ3v) is 5.99. The fourth-order valence-corrected chi connectivity index (χ4v) is 4.21. The monoisotopic (exact) mass is 427 g/mol. The molecule has 0 unspecified atom stereocenters. The van der Waals surface area contributed by atoms with Gasteiger partial charge in [0.2, 0.25) is 11.9 Å². The number of nitrogens with zero attached hydrogens (tertiary/aromatic N) is 4. The minimum absolute atomic E-state index is 0.187. The largest absolute Gasteiger partial charge is 0.378 e. The van der Waals surface area contributed by atoms with Crippen molar-refractivity contribution >= 4 is 52.5 Å². The van der Waals surface area contributed by atoms with Crippen LogP contribution in [0, 0.1) is 0 Å². The van der Waals surface area contributed by atoms with Crippen molar-refractivity contribution in [2.24, 2.45) is 0 Å². The van der Waals surface area contributed by atoms with Gasteiger partial charge < -0.3 is 15.0 Å². The first-order chi connectivity index (χ1) is 13.1. The number of rotatable bonds is 6. The first-order valence-electron chi connectivity index (χ1n) is 8.77. The number of halogens is 2. The lowest BCUT2D eigenvalue weighted by Gasteiger charge is -2.27. The van der Waals surface area contributed by atoms with Gasteiger partial charge in [0.25, 0.3) is 0 Å². The van der Waals surface area contributed by atoms with Crippen LogP contribution >= 0.6 is 35.0 Å². The summed E-state index contributed by atoms with van der Waals surface area (Å²) in [6.07, 6.45) is 2.23. The second kappa shape index (κ2) is 8.26. The molecule has 10 heteroatoms. The zero-order valence-corrected chi connectivity index (χ0v) is 16.9. The summed E-state index contributed by atoms with van der Waals surface area (Å²) in [5, 5.41) is 13.1. The van der Waals surface area contributed by atoms with Crippen molar-refractivity contribution in [1.29, 1.82) is 0 Å². The van der Waals surface area contributed by atoms with Crippen LogP contribution in [0.3, 0.4) is 0 Å². The van der Waals surface area contributed by atoms with Crippen LogP contribution in [0.5, 0.6) is 0 Å². The highest BCUT2D eigenvalue weighted by Gasteiger charge is 2.32. The highest BCUT2D eigenvalue weighted by atomic mass is 35.5. The number of thioether (sulfide) groups is 1. The number of carbonyl (C=O) groups is 1. The highest BCUT2D eigenvalue weighted by Crippen LogP contribution is 2.41. The summed E-state index contributed by atoms with van der Waals surface area (Å²) in [4.78, 5) is 14.6. The standard InChI is InChI=1S/C17H19Cl2N5O2S/c18-12-2-1-3-13(19)15(12)20-14(25)10-27-17-22-21-16(24(17)11-4-5-11)23-6-8-26-9-7-23/h1-3,11H,4-10H2,(H,20,25). The predicted molar refractivity (Wildman–Crippen MR) is 107 cm³/mol. The average molecular weight is 428 g/mol. The summed E-state index contributed by atoms with van der Waals surface area (Å²) in [7, 11) is 0. The fourth-order valence-electron chi connectivity index (χ4n) is 2.92. The van der Waals surface area contributed by atoms with Gasteiger partial charge in [-0.1, -0.05) is 41.0 Å². The molecule has 1 aromatic carbocycles. The molecular formula is C17H19Cl2N5O2S. The molecule has 1 N–H and O–H groups in total. The second-order valence-corrected chi connectivity index (χ2v) is 8.17. The van der Waals surface area contributed by atoms with Gasteiger partial charge in [0.1, 0.15) is 0 Å². The van der Waals surface area contributed by atoms with Gasteiger partial charge in [-0.3, -0.25) is 9.36 Å². The molecule has 7 nitrogen and oxygen atoms in total. The van der Waals surface area contributed by atoms with Crippen molar-refractivity contribution in [3.05, 3.63) is 28.2 Å². The molecule has 1 saturated heterocycles. The maximum Gasteiger partial charge on any atom is 0.234 e. The van der Waals surface area contributed by atoms with E-state index in [1.165, 1.54) is 11.8 Å². The number of hydrogen-bond acceptors (Lipinski definition) is 6. The van der Waals surface area contributed by atoms with E-state index in [-0.39, 0.29) is 11.7 Å². The van der Waals surface area contributed by atoms with Crippen molar-refractivity contribution in [3.8, 4) is 0 Å². The molecule has 1 aliphatic carbocycles. The van der Waals surface area contributed by atoms with Gasteiger partial charge in [-0.05, 0) is 25.0 Å². The summed E-state index contributed by atoms with van der Waals surface area (Å²) in [6, 6.07) is 5.53. The maximum absolute atomic E-state index is 12.4. The van der Waals surface area contributed by atoms with E-state index in [2.05, 4.69) is 25.0 Å². The number of aromatic nitrogens is 3. The van der Waals surface area contributed by atoms with Crippen LogP contribution in [-0.2, 0) is 9.53 Å². The van der Waals surface area contributed by atoms with Crippen molar-refractivity contribution in [2.75, 3.05) is 42.3 Å². The predicted octanol–water partition coefficient (Wildman–Crippen LogP) is 3.49. The second-order valence-electron chi connectivity index (χ2n) is 6.42. The van der Waals surface area contributed by atoms with E-state index in [1.807, 2.05) is 0 Å². The molecule has 2 fully saturated rings. The van der Waals surface area contributed by atoms with Crippen LogP contribution in [0.2, 0.25) is 10.0 Å². The molecule has 2 heterocycles.